The Kier molecular flexibility index (Phi) is 12.2. The van der Waals surface area contributed by atoms with E-state index < -0.39 is 18.0 Å². The van der Waals surface area contributed by atoms with Crippen molar-refractivity contribution in [2.24, 2.45) is 11.7 Å². The van der Waals surface area contributed by atoms with Crippen LogP contribution in [0.25, 0.3) is 5.52 Å². The number of fused-ring (bicyclic) bond motifs is 1. The van der Waals surface area contributed by atoms with Crippen LogP contribution in [0.3, 0.4) is 0 Å². The zero-order valence-corrected chi connectivity index (χ0v) is 26.4. The normalized spacial score (nSPS) is 11.8. The van der Waals surface area contributed by atoms with Crippen LogP contribution >= 0.6 is 11.6 Å². The van der Waals surface area contributed by atoms with Gasteiger partial charge in [0.2, 0.25) is 0 Å². The summed E-state index contributed by atoms with van der Waals surface area (Å²) in [6.07, 6.45) is 1.75. The highest BCUT2D eigenvalue weighted by atomic mass is 35.5. The maximum atomic E-state index is 13.9. The summed E-state index contributed by atoms with van der Waals surface area (Å²) in [6.45, 7) is 9.15. The molecule has 4 aromatic rings. The van der Waals surface area contributed by atoms with Gasteiger partial charge in [-0.1, -0.05) is 73.5 Å². The number of benzene rings is 2. The largest absolute Gasteiger partial charge is 0.478 e. The minimum Gasteiger partial charge on any atom is -0.478 e. The van der Waals surface area contributed by atoms with Crippen LogP contribution in [0, 0.1) is 19.8 Å². The molecule has 0 unspecified atom stereocenters. The van der Waals surface area contributed by atoms with Crippen molar-refractivity contribution in [3.63, 3.8) is 0 Å². The average Bonchev–Trinajstić information content (AvgIpc) is 3.29. The number of nitrogens with two attached hydrogens (primary N) is 1. The van der Waals surface area contributed by atoms with Crippen molar-refractivity contribution in [2.45, 2.75) is 46.7 Å². The summed E-state index contributed by atoms with van der Waals surface area (Å²) in [6, 6.07) is 18.9. The first-order valence-electron chi connectivity index (χ1n) is 14.4. The molecule has 45 heavy (non-hydrogen) atoms. The highest BCUT2D eigenvalue weighted by Crippen LogP contribution is 2.32. The molecule has 11 nitrogen and oxygen atoms in total. The van der Waals surface area contributed by atoms with Crippen LogP contribution in [-0.2, 0) is 16.1 Å². The first kappa shape index (κ1) is 34.7. The second-order valence-corrected chi connectivity index (χ2v) is 11.2. The molecule has 2 aromatic carbocycles. The van der Waals surface area contributed by atoms with Gasteiger partial charge in [-0.25, -0.2) is 14.4 Å². The predicted octanol–water partition coefficient (Wildman–Crippen LogP) is 4.71. The van der Waals surface area contributed by atoms with Crippen molar-refractivity contribution in [2.75, 3.05) is 13.1 Å². The van der Waals surface area contributed by atoms with E-state index in [4.69, 9.17) is 27.5 Å². The Labute approximate surface area is 266 Å². The van der Waals surface area contributed by atoms with Crippen molar-refractivity contribution < 1.29 is 24.6 Å². The topological polar surface area (TPSA) is 160 Å². The van der Waals surface area contributed by atoms with E-state index in [1.807, 2.05) is 72.5 Å². The quantitative estimate of drug-likeness (QED) is 0.200. The number of carboxylic acid groups (broad SMARTS) is 2. The zero-order chi connectivity index (χ0) is 33.3. The van der Waals surface area contributed by atoms with Gasteiger partial charge in [-0.15, -0.1) is 0 Å². The van der Waals surface area contributed by atoms with E-state index in [0.717, 1.165) is 16.8 Å². The summed E-state index contributed by atoms with van der Waals surface area (Å²) in [5, 5.41) is 20.5. The van der Waals surface area contributed by atoms with E-state index in [1.165, 1.54) is 4.52 Å². The van der Waals surface area contributed by atoms with Crippen molar-refractivity contribution in [1.82, 2.24) is 19.1 Å². The van der Waals surface area contributed by atoms with Gasteiger partial charge in [0.05, 0.1) is 28.8 Å². The predicted molar refractivity (Wildman–Crippen MR) is 173 cm³/mol. The van der Waals surface area contributed by atoms with Gasteiger partial charge in [0.15, 0.2) is 0 Å². The van der Waals surface area contributed by atoms with Gasteiger partial charge < -0.3 is 20.8 Å². The van der Waals surface area contributed by atoms with Gasteiger partial charge in [-0.2, -0.15) is 9.61 Å². The van der Waals surface area contributed by atoms with Gasteiger partial charge in [0.25, 0.3) is 5.91 Å². The highest BCUT2D eigenvalue weighted by Gasteiger charge is 2.32. The molecule has 238 valence electrons. The van der Waals surface area contributed by atoms with E-state index in [1.54, 1.807) is 11.5 Å². The number of halogens is 1. The molecule has 0 aliphatic heterocycles. The van der Waals surface area contributed by atoms with Crippen molar-refractivity contribution in [3.05, 3.63) is 116 Å². The number of aliphatic carboxylic acids is 2. The van der Waals surface area contributed by atoms with Crippen LogP contribution in [-0.4, -0.2) is 60.2 Å². The van der Waals surface area contributed by atoms with E-state index in [9.17, 15) is 19.2 Å². The third kappa shape index (κ3) is 8.90. The van der Waals surface area contributed by atoms with Crippen molar-refractivity contribution >= 4 is 35.0 Å². The average molecular weight is 636 g/mol. The van der Waals surface area contributed by atoms with Gasteiger partial charge in [0.1, 0.15) is 0 Å². The van der Waals surface area contributed by atoms with Crippen molar-refractivity contribution in [1.29, 1.82) is 0 Å². The Hall–Kier alpha value is -4.74. The fraction of sp³-hybridized carbons (Fsp3) is 0.303. The smallest absolute Gasteiger partial charge is 0.349 e. The number of hydrogen-bond acceptors (Lipinski definition) is 6. The molecule has 0 fully saturated rings. The Balaban J connectivity index is 0.000000610. The molecule has 0 aliphatic carbocycles. The summed E-state index contributed by atoms with van der Waals surface area (Å²) < 4.78 is 3.07. The molecule has 12 heteroatoms. The van der Waals surface area contributed by atoms with Gasteiger partial charge in [-0.3, -0.25) is 9.36 Å². The monoisotopic (exact) mass is 635 g/mol. The standard InChI is InChI=1S/C29H34ClN5O2.C4H4O4/c1-19(2)27(33(16-8-15-31)28(36)23-13-11-20(3)12-14-23)25-17-24-26(30)21(4)32-35(24)29(37)34(25)18-22-9-6-5-7-10-22;5-3(6)1-2-4(7)8/h5-7,9-14,17,19,27H,8,15-16,18,31H2,1-4H3;1-2H,(H,5,6)(H,7,8)/b;2-1+/t27-;/m1./s1. The summed E-state index contributed by atoms with van der Waals surface area (Å²) in [4.78, 5) is 48.7. The van der Waals surface area contributed by atoms with Crippen molar-refractivity contribution in [3.8, 4) is 0 Å². The Morgan fingerprint density at radius 1 is 1.00 bits per heavy atom. The Bertz CT molecular complexity index is 1710. The summed E-state index contributed by atoms with van der Waals surface area (Å²) in [5.41, 5.74) is 10.1. The number of carbonyl (C=O) groups is 3. The molecule has 0 radical (unpaired) electrons. The first-order valence-corrected chi connectivity index (χ1v) is 14.8. The van der Waals surface area contributed by atoms with Crippen LogP contribution in [0.2, 0.25) is 5.02 Å². The molecule has 0 saturated carbocycles. The molecule has 0 spiro atoms. The molecule has 0 saturated heterocycles. The molecule has 4 N–H and O–H groups in total. The fourth-order valence-corrected chi connectivity index (χ4v) is 5.08. The number of aromatic nitrogens is 3. The molecule has 0 aliphatic rings. The SMILES string of the molecule is Cc1ccc(C(=O)N(CCCN)[C@@H](c2cc3c(Cl)c(C)nn3c(=O)n2Cc2ccccc2)C(C)C)cc1.O=C(O)/C=C/C(=O)O. The van der Waals surface area contributed by atoms with Gasteiger partial charge in [-0.05, 0) is 56.5 Å². The van der Waals surface area contributed by atoms with E-state index in [0.29, 0.717) is 60.0 Å². The minimum atomic E-state index is -1.26. The number of hydrogen-bond donors (Lipinski definition) is 3. The molecule has 2 heterocycles. The molecular weight excluding hydrogens is 598 g/mol. The minimum absolute atomic E-state index is 0.00107. The maximum Gasteiger partial charge on any atom is 0.349 e. The molecule has 2 aromatic heterocycles. The van der Waals surface area contributed by atoms with Crippen LogP contribution in [0.15, 0.2) is 77.6 Å². The highest BCUT2D eigenvalue weighted by molar-refractivity contribution is 6.34. The first-order chi connectivity index (χ1) is 21.3. The Morgan fingerprint density at radius 3 is 2.13 bits per heavy atom. The third-order valence-corrected chi connectivity index (χ3v) is 7.48. The lowest BCUT2D eigenvalue weighted by atomic mass is 9.96. The number of amides is 1. The van der Waals surface area contributed by atoms with Crippen LogP contribution in [0.4, 0.5) is 0 Å². The lowest BCUT2D eigenvalue weighted by Gasteiger charge is -2.36. The fourth-order valence-electron chi connectivity index (χ4n) is 4.90. The zero-order valence-electron chi connectivity index (χ0n) is 25.7. The number of rotatable bonds is 11. The summed E-state index contributed by atoms with van der Waals surface area (Å²) in [7, 11) is 0. The number of carboxylic acids is 2. The van der Waals surface area contributed by atoms with Crippen LogP contribution in [0.1, 0.15) is 59.2 Å². The van der Waals surface area contributed by atoms with Gasteiger partial charge in [0, 0.05) is 30.0 Å². The van der Waals surface area contributed by atoms with E-state index in [-0.39, 0.29) is 17.5 Å². The molecular formula is C33H38ClN5O6. The van der Waals surface area contributed by atoms with E-state index in [2.05, 4.69) is 18.9 Å². The van der Waals surface area contributed by atoms with Gasteiger partial charge >= 0.3 is 17.6 Å². The number of aryl methyl sites for hydroxylation is 2. The molecule has 4 rings (SSSR count). The summed E-state index contributed by atoms with van der Waals surface area (Å²) in [5.74, 6) is -2.61. The Morgan fingerprint density at radius 2 is 1.60 bits per heavy atom. The molecule has 1 atom stereocenters. The maximum absolute atomic E-state index is 13.9. The van der Waals surface area contributed by atoms with E-state index >= 15 is 0 Å². The van der Waals surface area contributed by atoms with Crippen LogP contribution < -0.4 is 11.4 Å². The summed E-state index contributed by atoms with van der Waals surface area (Å²) >= 11 is 6.59. The third-order valence-electron chi connectivity index (χ3n) is 7.01. The van der Waals surface area contributed by atoms with Crippen LogP contribution in [0.5, 0.6) is 0 Å². The molecule has 1 amide bonds. The number of nitrogens with zero attached hydrogens (tertiary/aromatic N) is 4. The molecule has 0 bridgehead atoms. The second kappa shape index (κ2) is 15.8. The number of carbonyl (C=O) groups excluding carboxylic acids is 1. The lowest BCUT2D eigenvalue weighted by molar-refractivity contribution is -0.134. The second-order valence-electron chi connectivity index (χ2n) is 10.8. The lowest BCUT2D eigenvalue weighted by Crippen LogP contribution is -2.42.